The van der Waals surface area contributed by atoms with Gasteiger partial charge >= 0.3 is 0 Å². The Hall–Kier alpha value is -3.80. The molecule has 8 nitrogen and oxygen atoms in total. The van der Waals surface area contributed by atoms with Crippen molar-refractivity contribution in [3.8, 4) is 28.1 Å². The van der Waals surface area contributed by atoms with Gasteiger partial charge in [0.15, 0.2) is 0 Å². The molecule has 1 aliphatic carbocycles. The van der Waals surface area contributed by atoms with E-state index in [1.807, 2.05) is 31.4 Å². The number of hydrogen-bond acceptors (Lipinski definition) is 4. The lowest BCUT2D eigenvalue weighted by atomic mass is 10.0. The summed E-state index contributed by atoms with van der Waals surface area (Å²) < 4.78 is 55.5. The third-order valence-electron chi connectivity index (χ3n) is 6.41. The van der Waals surface area contributed by atoms with Crippen LogP contribution >= 0.6 is 0 Å². The third kappa shape index (κ3) is 4.00. The molecule has 2 N–H and O–H groups in total. The maximum Gasteiger partial charge on any atom is 0.232 e. The standard InChI is InChI=1S/C25H20F2N6O2S/c1-32-13-17(12-29-32)15-2-5-22-21(8-15)28-14-33(22)24-10-16(19-4-3-18(26)11-20(19)27)9-23(30-24)25(6-7-25)31-36(34)35/h2-5,8-14,31H,6-7H2,1H3,(H,34,35). The molecule has 2 aromatic carbocycles. The smallest absolute Gasteiger partial charge is 0.232 e. The highest BCUT2D eigenvalue weighted by atomic mass is 32.2. The third-order valence-corrected chi connectivity index (χ3v) is 6.97. The number of benzene rings is 2. The van der Waals surface area contributed by atoms with Crippen molar-refractivity contribution in [2.75, 3.05) is 0 Å². The zero-order valence-corrected chi connectivity index (χ0v) is 19.8. The molecule has 0 bridgehead atoms. The van der Waals surface area contributed by atoms with Crippen molar-refractivity contribution in [3.63, 3.8) is 0 Å². The molecule has 36 heavy (non-hydrogen) atoms. The van der Waals surface area contributed by atoms with E-state index in [4.69, 9.17) is 4.98 Å². The Kier molecular flexibility index (Phi) is 5.29. The lowest BCUT2D eigenvalue weighted by Gasteiger charge is -2.18. The quantitative estimate of drug-likeness (QED) is 0.331. The van der Waals surface area contributed by atoms with E-state index in [0.29, 0.717) is 29.9 Å². The van der Waals surface area contributed by atoms with Gasteiger partial charge in [-0.1, -0.05) is 6.07 Å². The normalized spacial score (nSPS) is 15.3. The van der Waals surface area contributed by atoms with Crippen LogP contribution < -0.4 is 4.72 Å². The van der Waals surface area contributed by atoms with E-state index in [2.05, 4.69) is 14.8 Å². The van der Waals surface area contributed by atoms with E-state index >= 15 is 0 Å². The molecule has 3 aromatic heterocycles. The summed E-state index contributed by atoms with van der Waals surface area (Å²) >= 11 is -2.26. The van der Waals surface area contributed by atoms with E-state index in [0.717, 1.165) is 28.2 Å². The molecule has 5 aromatic rings. The highest BCUT2D eigenvalue weighted by Crippen LogP contribution is 2.46. The minimum Gasteiger partial charge on any atom is -0.294 e. The van der Waals surface area contributed by atoms with Gasteiger partial charge in [-0.15, -0.1) is 0 Å². The maximum atomic E-state index is 14.7. The van der Waals surface area contributed by atoms with Gasteiger partial charge in [0.25, 0.3) is 0 Å². The summed E-state index contributed by atoms with van der Waals surface area (Å²) in [7, 11) is 1.85. The minimum atomic E-state index is -2.26. The van der Waals surface area contributed by atoms with E-state index < -0.39 is 28.4 Å². The van der Waals surface area contributed by atoms with Crippen LogP contribution in [0.25, 0.3) is 39.1 Å². The average molecular weight is 507 g/mol. The van der Waals surface area contributed by atoms with Crippen molar-refractivity contribution < 1.29 is 17.5 Å². The maximum absolute atomic E-state index is 14.7. The molecule has 0 aliphatic heterocycles. The first-order chi connectivity index (χ1) is 17.3. The summed E-state index contributed by atoms with van der Waals surface area (Å²) in [5.41, 5.74) is 3.80. The molecule has 6 rings (SSSR count). The highest BCUT2D eigenvalue weighted by molar-refractivity contribution is 7.77. The van der Waals surface area contributed by atoms with Gasteiger partial charge in [-0.25, -0.2) is 27.7 Å². The van der Waals surface area contributed by atoms with Gasteiger partial charge in [-0.3, -0.25) is 13.8 Å². The largest absolute Gasteiger partial charge is 0.294 e. The Morgan fingerprint density at radius 1 is 1.06 bits per heavy atom. The first kappa shape index (κ1) is 22.7. The fourth-order valence-electron chi connectivity index (χ4n) is 4.41. The van der Waals surface area contributed by atoms with Crippen LogP contribution in [-0.2, 0) is 23.9 Å². The number of hydrogen-bond donors (Lipinski definition) is 2. The Balaban J connectivity index is 1.50. The van der Waals surface area contributed by atoms with E-state index in [1.54, 1.807) is 33.9 Å². The van der Waals surface area contributed by atoms with Crippen LogP contribution in [0.15, 0.2) is 67.3 Å². The highest BCUT2D eigenvalue weighted by Gasteiger charge is 2.47. The van der Waals surface area contributed by atoms with Crippen molar-refractivity contribution in [3.05, 3.63) is 84.6 Å². The first-order valence-corrected chi connectivity index (χ1v) is 12.3. The first-order valence-electron chi connectivity index (χ1n) is 11.1. The zero-order valence-electron chi connectivity index (χ0n) is 19.0. The minimum absolute atomic E-state index is 0.200. The molecule has 0 radical (unpaired) electrons. The molecule has 1 aliphatic rings. The average Bonchev–Trinajstić information content (AvgIpc) is 3.28. The topological polar surface area (TPSA) is 97.9 Å². The van der Waals surface area contributed by atoms with Crippen molar-refractivity contribution in [1.29, 1.82) is 0 Å². The van der Waals surface area contributed by atoms with Crippen LogP contribution in [0.5, 0.6) is 0 Å². The summed E-state index contributed by atoms with van der Waals surface area (Å²) in [5, 5.41) is 4.22. The van der Waals surface area contributed by atoms with Gasteiger partial charge in [0.1, 0.15) is 23.8 Å². The van der Waals surface area contributed by atoms with Crippen LogP contribution in [-0.4, -0.2) is 33.1 Å². The Morgan fingerprint density at radius 3 is 2.58 bits per heavy atom. The number of nitrogens with one attached hydrogen (secondary N) is 1. The number of aromatic nitrogens is 5. The SMILES string of the molecule is Cn1cc(-c2ccc3c(c2)ncn3-c2cc(-c3ccc(F)cc3F)cc(C3(NS(=O)O)CC3)n2)cn1. The van der Waals surface area contributed by atoms with Gasteiger partial charge in [-0.2, -0.15) is 5.10 Å². The lowest BCUT2D eigenvalue weighted by molar-refractivity contribution is 0.518. The number of fused-ring (bicyclic) bond motifs is 1. The summed E-state index contributed by atoms with van der Waals surface area (Å²) in [6.07, 6.45) is 6.52. The number of pyridine rings is 1. The second-order valence-electron chi connectivity index (χ2n) is 8.88. The predicted octanol–water partition coefficient (Wildman–Crippen LogP) is 4.48. The van der Waals surface area contributed by atoms with Crippen LogP contribution in [0, 0.1) is 11.6 Å². The number of nitrogens with zero attached hydrogens (tertiary/aromatic N) is 5. The Bertz CT molecular complexity index is 1660. The Labute approximate surface area is 207 Å². The molecule has 0 spiro atoms. The molecular formula is C25H20F2N6O2S. The van der Waals surface area contributed by atoms with Crippen LogP contribution in [0.1, 0.15) is 18.5 Å². The van der Waals surface area contributed by atoms with E-state index in [-0.39, 0.29) is 5.56 Å². The molecule has 1 fully saturated rings. The van der Waals surface area contributed by atoms with Gasteiger partial charge in [0, 0.05) is 30.4 Å². The second-order valence-corrected chi connectivity index (χ2v) is 9.58. The summed E-state index contributed by atoms with van der Waals surface area (Å²) in [5.74, 6) is -0.926. The predicted molar refractivity (Wildman–Crippen MR) is 131 cm³/mol. The molecule has 0 amide bonds. The molecule has 182 valence electrons. The van der Waals surface area contributed by atoms with Gasteiger partial charge in [-0.05, 0) is 60.4 Å². The summed E-state index contributed by atoms with van der Waals surface area (Å²) in [4.78, 5) is 9.32. The van der Waals surface area contributed by atoms with E-state index in [1.165, 1.54) is 12.1 Å². The second kappa shape index (κ2) is 8.40. The number of halogens is 2. The van der Waals surface area contributed by atoms with Crippen molar-refractivity contribution >= 4 is 22.3 Å². The number of aryl methyl sites for hydroxylation is 1. The molecule has 0 saturated heterocycles. The van der Waals surface area contributed by atoms with Gasteiger partial charge < -0.3 is 0 Å². The van der Waals surface area contributed by atoms with Crippen LogP contribution in [0.3, 0.4) is 0 Å². The fourth-order valence-corrected chi connectivity index (χ4v) is 5.05. The monoisotopic (exact) mass is 506 g/mol. The lowest BCUT2D eigenvalue weighted by Crippen LogP contribution is -2.31. The number of imidazole rings is 1. The van der Waals surface area contributed by atoms with E-state index in [9.17, 15) is 17.5 Å². The molecule has 3 heterocycles. The van der Waals surface area contributed by atoms with Gasteiger partial charge in [0.05, 0.1) is 28.5 Å². The van der Waals surface area contributed by atoms with Gasteiger partial charge in [0.2, 0.25) is 11.3 Å². The summed E-state index contributed by atoms with van der Waals surface area (Å²) in [6.45, 7) is 0. The van der Waals surface area contributed by atoms with Crippen LogP contribution in [0.2, 0.25) is 0 Å². The molecule has 11 heteroatoms. The summed E-state index contributed by atoms with van der Waals surface area (Å²) in [6, 6.07) is 12.6. The Morgan fingerprint density at radius 2 is 1.89 bits per heavy atom. The number of rotatable bonds is 6. The van der Waals surface area contributed by atoms with Crippen molar-refractivity contribution in [2.45, 2.75) is 18.4 Å². The van der Waals surface area contributed by atoms with Crippen molar-refractivity contribution in [1.82, 2.24) is 29.0 Å². The van der Waals surface area contributed by atoms with Crippen LogP contribution in [0.4, 0.5) is 8.78 Å². The zero-order chi connectivity index (χ0) is 25.0. The molecular weight excluding hydrogens is 486 g/mol. The fraction of sp³-hybridized carbons (Fsp3) is 0.160. The van der Waals surface area contributed by atoms with Crippen molar-refractivity contribution in [2.24, 2.45) is 7.05 Å². The molecule has 1 unspecified atom stereocenters. The molecule has 1 atom stereocenters. The molecule has 1 saturated carbocycles.